The van der Waals surface area contributed by atoms with Crippen molar-refractivity contribution in [1.29, 1.82) is 0 Å². The zero-order chi connectivity index (χ0) is 17.2. The molecular weight excluding hydrogens is 315 g/mol. The summed E-state index contributed by atoms with van der Waals surface area (Å²) in [7, 11) is 0. The van der Waals surface area contributed by atoms with Crippen molar-refractivity contribution >= 4 is 5.91 Å². The quantitative estimate of drug-likeness (QED) is 0.780. The number of benzene rings is 2. The zero-order valence-electron chi connectivity index (χ0n) is 13.1. The highest BCUT2D eigenvalue weighted by Gasteiger charge is 2.34. The van der Waals surface area contributed by atoms with Gasteiger partial charge in [-0.05, 0) is 36.1 Å². The van der Waals surface area contributed by atoms with Gasteiger partial charge in [0.25, 0.3) is 0 Å². The highest BCUT2D eigenvalue weighted by molar-refractivity contribution is 5.81. The Labute approximate surface area is 138 Å². The molecule has 0 aromatic heterocycles. The molecule has 1 amide bonds. The molecule has 0 heterocycles. The SMILES string of the molecule is O=C(C1CC1)N(Cc1ccccc1)Cc1ccc(C(F)(F)F)cc1. The van der Waals surface area contributed by atoms with Gasteiger partial charge in [0.2, 0.25) is 5.91 Å². The van der Waals surface area contributed by atoms with Crippen LogP contribution in [0.3, 0.4) is 0 Å². The van der Waals surface area contributed by atoms with Crippen molar-refractivity contribution in [2.75, 3.05) is 0 Å². The predicted octanol–water partition coefficient (Wildman–Crippen LogP) is 4.64. The molecule has 0 N–H and O–H groups in total. The van der Waals surface area contributed by atoms with E-state index in [9.17, 15) is 18.0 Å². The Balaban J connectivity index is 1.75. The lowest BCUT2D eigenvalue weighted by atomic mass is 10.1. The van der Waals surface area contributed by atoms with E-state index in [-0.39, 0.29) is 11.8 Å². The molecule has 2 aromatic carbocycles. The van der Waals surface area contributed by atoms with E-state index in [1.54, 1.807) is 4.90 Å². The van der Waals surface area contributed by atoms with E-state index in [0.717, 1.165) is 30.5 Å². The minimum absolute atomic E-state index is 0.0724. The number of halogens is 3. The molecule has 1 aliphatic carbocycles. The fraction of sp³-hybridized carbons (Fsp3) is 0.316. The zero-order valence-corrected chi connectivity index (χ0v) is 13.1. The number of carbonyl (C=O) groups is 1. The van der Waals surface area contributed by atoms with Crippen molar-refractivity contribution in [3.8, 4) is 0 Å². The van der Waals surface area contributed by atoms with E-state index in [0.29, 0.717) is 18.7 Å². The monoisotopic (exact) mass is 333 g/mol. The van der Waals surface area contributed by atoms with Gasteiger partial charge in [0.1, 0.15) is 0 Å². The molecular formula is C19H18F3NO. The van der Waals surface area contributed by atoms with Crippen LogP contribution in [0.2, 0.25) is 0 Å². The molecule has 3 rings (SSSR count). The molecule has 0 spiro atoms. The van der Waals surface area contributed by atoms with Gasteiger partial charge < -0.3 is 4.90 Å². The number of nitrogens with zero attached hydrogens (tertiary/aromatic N) is 1. The summed E-state index contributed by atoms with van der Waals surface area (Å²) < 4.78 is 37.9. The smallest absolute Gasteiger partial charge is 0.334 e. The van der Waals surface area contributed by atoms with Gasteiger partial charge in [-0.1, -0.05) is 42.5 Å². The van der Waals surface area contributed by atoms with E-state index in [2.05, 4.69) is 0 Å². The molecule has 0 saturated heterocycles. The fourth-order valence-electron chi connectivity index (χ4n) is 2.62. The molecule has 2 aromatic rings. The number of rotatable bonds is 5. The molecule has 1 fully saturated rings. The fourth-order valence-corrected chi connectivity index (χ4v) is 2.62. The molecule has 0 atom stereocenters. The molecule has 1 saturated carbocycles. The first-order valence-electron chi connectivity index (χ1n) is 7.92. The first-order chi connectivity index (χ1) is 11.4. The van der Waals surface area contributed by atoms with Crippen molar-refractivity contribution in [3.05, 3.63) is 71.3 Å². The molecule has 0 aliphatic heterocycles. The van der Waals surface area contributed by atoms with Crippen LogP contribution in [0.25, 0.3) is 0 Å². The average Bonchev–Trinajstić information content (AvgIpc) is 3.39. The number of amides is 1. The van der Waals surface area contributed by atoms with Gasteiger partial charge in [0.15, 0.2) is 0 Å². The second-order valence-electron chi connectivity index (χ2n) is 6.15. The van der Waals surface area contributed by atoms with Crippen LogP contribution in [0, 0.1) is 5.92 Å². The topological polar surface area (TPSA) is 20.3 Å². The summed E-state index contributed by atoms with van der Waals surface area (Å²) in [6, 6.07) is 14.6. The molecule has 5 heteroatoms. The highest BCUT2D eigenvalue weighted by atomic mass is 19.4. The van der Waals surface area contributed by atoms with Gasteiger partial charge in [0, 0.05) is 19.0 Å². The van der Waals surface area contributed by atoms with Crippen molar-refractivity contribution in [2.45, 2.75) is 32.1 Å². The second kappa shape index (κ2) is 6.67. The van der Waals surface area contributed by atoms with Gasteiger partial charge in [-0.2, -0.15) is 13.2 Å². The summed E-state index contributed by atoms with van der Waals surface area (Å²) in [6.07, 6.45) is -2.54. The Morgan fingerprint density at radius 1 is 0.917 bits per heavy atom. The van der Waals surface area contributed by atoms with Gasteiger partial charge in [-0.25, -0.2) is 0 Å². The third kappa shape index (κ3) is 4.16. The van der Waals surface area contributed by atoms with Crippen LogP contribution in [-0.4, -0.2) is 10.8 Å². The summed E-state index contributed by atoms with van der Waals surface area (Å²) in [6.45, 7) is 0.791. The first kappa shape index (κ1) is 16.6. The number of hydrogen-bond acceptors (Lipinski definition) is 1. The summed E-state index contributed by atoms with van der Waals surface area (Å²) in [5.41, 5.74) is 1.04. The van der Waals surface area contributed by atoms with Crippen molar-refractivity contribution < 1.29 is 18.0 Å². The van der Waals surface area contributed by atoms with Crippen LogP contribution >= 0.6 is 0 Å². The minimum Gasteiger partial charge on any atom is -0.334 e. The lowest BCUT2D eigenvalue weighted by molar-refractivity contribution is -0.137. The lowest BCUT2D eigenvalue weighted by Gasteiger charge is -2.23. The van der Waals surface area contributed by atoms with Gasteiger partial charge in [-0.3, -0.25) is 4.79 Å². The molecule has 0 unspecified atom stereocenters. The maximum absolute atomic E-state index is 12.6. The van der Waals surface area contributed by atoms with Crippen LogP contribution in [-0.2, 0) is 24.1 Å². The third-order valence-electron chi connectivity index (χ3n) is 4.11. The molecule has 2 nitrogen and oxygen atoms in total. The molecule has 24 heavy (non-hydrogen) atoms. The Hall–Kier alpha value is -2.30. The molecule has 1 aliphatic rings. The van der Waals surface area contributed by atoms with E-state index in [1.807, 2.05) is 30.3 Å². The summed E-state index contributed by atoms with van der Waals surface area (Å²) in [5.74, 6) is 0.155. The third-order valence-corrected chi connectivity index (χ3v) is 4.11. The second-order valence-corrected chi connectivity index (χ2v) is 6.15. The molecule has 126 valence electrons. The minimum atomic E-state index is -4.34. The predicted molar refractivity (Wildman–Crippen MR) is 84.9 cm³/mol. The summed E-state index contributed by atoms with van der Waals surface area (Å²) in [4.78, 5) is 14.2. The van der Waals surface area contributed by atoms with Crippen LogP contribution in [0.15, 0.2) is 54.6 Å². The van der Waals surface area contributed by atoms with Crippen LogP contribution in [0.4, 0.5) is 13.2 Å². The van der Waals surface area contributed by atoms with Gasteiger partial charge in [0.05, 0.1) is 5.56 Å². The first-order valence-corrected chi connectivity index (χ1v) is 7.92. The van der Waals surface area contributed by atoms with Crippen LogP contribution < -0.4 is 0 Å². The van der Waals surface area contributed by atoms with E-state index in [4.69, 9.17) is 0 Å². The van der Waals surface area contributed by atoms with E-state index in [1.165, 1.54) is 12.1 Å². The Morgan fingerprint density at radius 2 is 1.46 bits per heavy atom. The Morgan fingerprint density at radius 3 is 1.96 bits per heavy atom. The highest BCUT2D eigenvalue weighted by Crippen LogP contribution is 2.33. The number of alkyl halides is 3. The van der Waals surface area contributed by atoms with E-state index < -0.39 is 11.7 Å². The standard InChI is InChI=1S/C19H18F3NO/c20-19(21,22)17-10-6-15(7-11-17)13-23(18(24)16-8-9-16)12-14-4-2-1-3-5-14/h1-7,10-11,16H,8-9,12-13H2. The van der Waals surface area contributed by atoms with Crippen molar-refractivity contribution in [1.82, 2.24) is 4.90 Å². The largest absolute Gasteiger partial charge is 0.416 e. The lowest BCUT2D eigenvalue weighted by Crippen LogP contribution is -2.31. The van der Waals surface area contributed by atoms with Crippen molar-refractivity contribution in [3.63, 3.8) is 0 Å². The average molecular weight is 333 g/mol. The normalized spacial score (nSPS) is 14.5. The number of hydrogen-bond donors (Lipinski definition) is 0. The summed E-state index contributed by atoms with van der Waals surface area (Å²) in [5, 5.41) is 0. The van der Waals surface area contributed by atoms with Crippen molar-refractivity contribution in [2.24, 2.45) is 5.92 Å². The van der Waals surface area contributed by atoms with Crippen LogP contribution in [0.5, 0.6) is 0 Å². The van der Waals surface area contributed by atoms with Gasteiger partial charge in [-0.15, -0.1) is 0 Å². The Kier molecular flexibility index (Phi) is 4.60. The number of carbonyl (C=O) groups excluding carboxylic acids is 1. The van der Waals surface area contributed by atoms with Gasteiger partial charge >= 0.3 is 6.18 Å². The maximum atomic E-state index is 12.6. The summed E-state index contributed by atoms with van der Waals surface area (Å²) >= 11 is 0. The molecule has 0 radical (unpaired) electrons. The van der Waals surface area contributed by atoms with E-state index >= 15 is 0 Å². The Bertz CT molecular complexity index is 691. The maximum Gasteiger partial charge on any atom is 0.416 e. The molecule has 0 bridgehead atoms. The van der Waals surface area contributed by atoms with Crippen LogP contribution in [0.1, 0.15) is 29.5 Å².